The average Bonchev–Trinajstić information content (AvgIpc) is 3.46. The molecule has 1 fully saturated rings. The molecule has 3 aromatic carbocycles. The van der Waals surface area contributed by atoms with Crippen LogP contribution in [0.1, 0.15) is 40.7 Å². The number of likely N-dealkylation sites (tertiary alicyclic amines) is 1. The van der Waals surface area contributed by atoms with E-state index in [9.17, 15) is 26.7 Å². The first-order chi connectivity index (χ1) is 16.2. The third-order valence-corrected chi connectivity index (χ3v) is 5.89. The second-order valence-electron chi connectivity index (χ2n) is 8.10. The Morgan fingerprint density at radius 1 is 0.971 bits per heavy atom. The summed E-state index contributed by atoms with van der Waals surface area (Å²) >= 11 is 0. The van der Waals surface area contributed by atoms with E-state index in [0.29, 0.717) is 41.6 Å². The SMILES string of the molecule is O=C(c1cccc(C(F)(F)F)c1)N1CCC[C@@H]1c1nc2cc(-c3ccc(F)c(F)c3)ccc2o1. The maximum atomic E-state index is 13.6. The normalized spacial score (nSPS) is 16.4. The van der Waals surface area contributed by atoms with Crippen molar-refractivity contribution in [1.82, 2.24) is 9.88 Å². The lowest BCUT2D eigenvalue weighted by molar-refractivity contribution is -0.137. The first-order valence-electron chi connectivity index (χ1n) is 10.5. The van der Waals surface area contributed by atoms with Gasteiger partial charge < -0.3 is 9.32 Å². The van der Waals surface area contributed by atoms with Crippen molar-refractivity contribution in [3.8, 4) is 11.1 Å². The molecule has 0 aliphatic carbocycles. The third-order valence-electron chi connectivity index (χ3n) is 5.89. The predicted octanol–water partition coefficient (Wildman–Crippen LogP) is 6.77. The zero-order chi connectivity index (χ0) is 24.0. The summed E-state index contributed by atoms with van der Waals surface area (Å²) in [7, 11) is 0. The summed E-state index contributed by atoms with van der Waals surface area (Å²) in [5.74, 6) is -2.16. The Morgan fingerprint density at radius 2 is 1.74 bits per heavy atom. The van der Waals surface area contributed by atoms with Crippen molar-refractivity contribution in [3.05, 3.63) is 89.3 Å². The van der Waals surface area contributed by atoms with E-state index in [1.807, 2.05) is 0 Å². The van der Waals surface area contributed by atoms with E-state index in [-0.39, 0.29) is 11.5 Å². The summed E-state index contributed by atoms with van der Waals surface area (Å²) in [4.78, 5) is 19.0. The van der Waals surface area contributed by atoms with Gasteiger partial charge in [-0.1, -0.05) is 18.2 Å². The molecule has 0 unspecified atom stereocenters. The van der Waals surface area contributed by atoms with Crippen LogP contribution in [-0.4, -0.2) is 22.3 Å². The average molecular weight is 472 g/mol. The Kier molecular flexibility index (Phi) is 5.34. The van der Waals surface area contributed by atoms with Crippen LogP contribution < -0.4 is 0 Å². The number of aromatic nitrogens is 1. The Morgan fingerprint density at radius 3 is 2.50 bits per heavy atom. The minimum Gasteiger partial charge on any atom is -0.438 e. The van der Waals surface area contributed by atoms with Gasteiger partial charge in [-0.15, -0.1) is 0 Å². The highest BCUT2D eigenvalue weighted by Crippen LogP contribution is 2.36. The lowest BCUT2D eigenvalue weighted by atomic mass is 10.1. The molecule has 34 heavy (non-hydrogen) atoms. The lowest BCUT2D eigenvalue weighted by Crippen LogP contribution is -2.31. The van der Waals surface area contributed by atoms with Gasteiger partial charge in [0.25, 0.3) is 5.91 Å². The number of hydrogen-bond acceptors (Lipinski definition) is 3. The molecule has 0 saturated carbocycles. The molecule has 1 amide bonds. The zero-order valence-corrected chi connectivity index (χ0v) is 17.6. The van der Waals surface area contributed by atoms with Crippen molar-refractivity contribution in [3.63, 3.8) is 0 Å². The van der Waals surface area contributed by atoms with Crippen LogP contribution in [0.25, 0.3) is 22.2 Å². The number of fused-ring (bicyclic) bond motifs is 1. The number of benzene rings is 3. The van der Waals surface area contributed by atoms with Gasteiger partial charge in [0.15, 0.2) is 17.2 Å². The summed E-state index contributed by atoms with van der Waals surface area (Å²) < 4.78 is 72.0. The quantitative estimate of drug-likeness (QED) is 0.309. The number of nitrogens with zero attached hydrogens (tertiary/aromatic N) is 2. The molecule has 4 nitrogen and oxygen atoms in total. The van der Waals surface area contributed by atoms with Gasteiger partial charge in [0.05, 0.1) is 5.56 Å². The smallest absolute Gasteiger partial charge is 0.416 e. The predicted molar refractivity (Wildman–Crippen MR) is 114 cm³/mol. The van der Waals surface area contributed by atoms with Crippen molar-refractivity contribution < 1.29 is 31.2 Å². The van der Waals surface area contributed by atoms with Gasteiger partial charge in [0, 0.05) is 12.1 Å². The first-order valence-corrected chi connectivity index (χ1v) is 10.5. The van der Waals surface area contributed by atoms with Crippen LogP contribution in [0, 0.1) is 11.6 Å². The summed E-state index contributed by atoms with van der Waals surface area (Å²) in [6.07, 6.45) is -3.35. The van der Waals surface area contributed by atoms with Gasteiger partial charge in [-0.25, -0.2) is 13.8 Å². The first kappa shape index (κ1) is 22.1. The number of oxazole rings is 1. The molecule has 0 bridgehead atoms. The van der Waals surface area contributed by atoms with Crippen molar-refractivity contribution in [2.45, 2.75) is 25.1 Å². The minimum atomic E-state index is -4.55. The third kappa shape index (κ3) is 4.02. The second kappa shape index (κ2) is 8.23. The fraction of sp³-hybridized carbons (Fsp3) is 0.200. The largest absolute Gasteiger partial charge is 0.438 e. The van der Waals surface area contributed by atoms with E-state index >= 15 is 0 Å². The highest BCUT2D eigenvalue weighted by atomic mass is 19.4. The number of rotatable bonds is 3. The van der Waals surface area contributed by atoms with Crippen LogP contribution in [-0.2, 0) is 6.18 Å². The maximum absolute atomic E-state index is 13.6. The lowest BCUT2D eigenvalue weighted by Gasteiger charge is -2.22. The zero-order valence-electron chi connectivity index (χ0n) is 17.6. The molecule has 1 aliphatic rings. The molecule has 4 aromatic rings. The van der Waals surface area contributed by atoms with E-state index < -0.39 is 35.3 Å². The Balaban J connectivity index is 1.45. The summed E-state index contributed by atoms with van der Waals surface area (Å²) in [6.45, 7) is 0.360. The van der Waals surface area contributed by atoms with E-state index in [1.165, 1.54) is 23.1 Å². The number of amides is 1. The van der Waals surface area contributed by atoms with Gasteiger partial charge in [0.1, 0.15) is 11.6 Å². The molecule has 2 heterocycles. The number of alkyl halides is 3. The summed E-state index contributed by atoms with van der Waals surface area (Å²) in [5, 5.41) is 0. The highest BCUT2D eigenvalue weighted by molar-refractivity contribution is 5.95. The summed E-state index contributed by atoms with van der Waals surface area (Å²) in [6, 6.07) is 12.4. The van der Waals surface area contributed by atoms with Crippen LogP contribution >= 0.6 is 0 Å². The standard InChI is InChI=1S/C25H17F5N2O2/c26-18-8-6-14(12-19(18)27)15-7-9-22-20(13-15)31-23(34-22)21-5-2-10-32(21)24(33)16-3-1-4-17(11-16)25(28,29)30/h1,3-4,6-9,11-13,21H,2,5,10H2/t21-/m1/s1. The molecule has 1 aromatic heterocycles. The van der Waals surface area contributed by atoms with Crippen LogP contribution in [0.15, 0.2) is 65.1 Å². The van der Waals surface area contributed by atoms with Crippen LogP contribution in [0.2, 0.25) is 0 Å². The molecule has 0 spiro atoms. The molecule has 0 N–H and O–H groups in total. The second-order valence-corrected chi connectivity index (χ2v) is 8.10. The number of carbonyl (C=O) groups excluding carboxylic acids is 1. The number of hydrogen-bond donors (Lipinski definition) is 0. The van der Waals surface area contributed by atoms with E-state index in [4.69, 9.17) is 4.42 Å². The van der Waals surface area contributed by atoms with E-state index in [1.54, 1.807) is 18.2 Å². The molecule has 1 atom stereocenters. The van der Waals surface area contributed by atoms with E-state index in [0.717, 1.165) is 24.3 Å². The van der Waals surface area contributed by atoms with Crippen molar-refractivity contribution >= 4 is 17.0 Å². The molecule has 1 saturated heterocycles. The monoisotopic (exact) mass is 472 g/mol. The summed E-state index contributed by atoms with van der Waals surface area (Å²) in [5.41, 5.74) is 1.04. The maximum Gasteiger partial charge on any atom is 0.416 e. The van der Waals surface area contributed by atoms with Crippen molar-refractivity contribution in [1.29, 1.82) is 0 Å². The Bertz CT molecular complexity index is 1400. The molecular weight excluding hydrogens is 455 g/mol. The van der Waals surface area contributed by atoms with Gasteiger partial charge in [-0.2, -0.15) is 13.2 Å². The molecule has 1 aliphatic heterocycles. The van der Waals surface area contributed by atoms with E-state index in [2.05, 4.69) is 4.98 Å². The van der Waals surface area contributed by atoms with Gasteiger partial charge >= 0.3 is 6.18 Å². The molecule has 174 valence electrons. The fourth-order valence-corrected chi connectivity index (χ4v) is 4.20. The van der Waals surface area contributed by atoms with Gasteiger partial charge in [0.2, 0.25) is 5.89 Å². The Hall–Kier alpha value is -3.75. The number of halogens is 5. The van der Waals surface area contributed by atoms with Crippen LogP contribution in [0.4, 0.5) is 22.0 Å². The van der Waals surface area contributed by atoms with Crippen molar-refractivity contribution in [2.75, 3.05) is 6.54 Å². The fourth-order valence-electron chi connectivity index (χ4n) is 4.20. The molecular formula is C25H17F5N2O2. The minimum absolute atomic E-state index is 0.0570. The van der Waals surface area contributed by atoms with Crippen LogP contribution in [0.5, 0.6) is 0 Å². The van der Waals surface area contributed by atoms with Crippen LogP contribution in [0.3, 0.4) is 0 Å². The Labute approximate surface area is 190 Å². The molecule has 9 heteroatoms. The molecule has 5 rings (SSSR count). The van der Waals surface area contributed by atoms with Crippen molar-refractivity contribution in [2.24, 2.45) is 0 Å². The van der Waals surface area contributed by atoms with Gasteiger partial charge in [-0.05, 0) is 66.4 Å². The number of carbonyl (C=O) groups is 1. The molecule has 0 radical (unpaired) electrons. The topological polar surface area (TPSA) is 46.3 Å². The van der Waals surface area contributed by atoms with Gasteiger partial charge in [-0.3, -0.25) is 4.79 Å². The highest BCUT2D eigenvalue weighted by Gasteiger charge is 2.36.